The van der Waals surface area contributed by atoms with Crippen LogP contribution in [0.4, 0.5) is 0 Å². The molecule has 0 radical (unpaired) electrons. The lowest BCUT2D eigenvalue weighted by atomic mass is 9.93. The first-order valence-corrected chi connectivity index (χ1v) is 12.6. The molecule has 0 bridgehead atoms. The molecule has 0 saturated heterocycles. The van der Waals surface area contributed by atoms with E-state index in [4.69, 9.17) is 9.15 Å². The Bertz CT molecular complexity index is 1360. The molecule has 7 nitrogen and oxygen atoms in total. The van der Waals surface area contributed by atoms with Crippen molar-refractivity contribution in [3.05, 3.63) is 102 Å². The minimum atomic E-state index is -1.09. The molecule has 0 aliphatic carbocycles. The molecule has 2 aromatic carbocycles. The summed E-state index contributed by atoms with van der Waals surface area (Å²) in [4.78, 5) is 29.3. The summed E-state index contributed by atoms with van der Waals surface area (Å²) in [6, 6.07) is 25.0. The molecule has 7 heteroatoms. The van der Waals surface area contributed by atoms with Gasteiger partial charge < -0.3 is 23.9 Å². The number of carbonyl (C=O) groups is 2. The largest absolute Gasteiger partial charge is 0.494 e. The van der Waals surface area contributed by atoms with Crippen LogP contribution in [0.1, 0.15) is 35.5 Å². The van der Waals surface area contributed by atoms with Crippen LogP contribution in [0.15, 0.2) is 89.5 Å². The summed E-state index contributed by atoms with van der Waals surface area (Å²) in [5.41, 5.74) is 2.30. The summed E-state index contributed by atoms with van der Waals surface area (Å²) >= 11 is 0. The van der Waals surface area contributed by atoms with Crippen molar-refractivity contribution in [1.82, 2.24) is 14.8 Å². The third-order valence-corrected chi connectivity index (χ3v) is 6.92. The van der Waals surface area contributed by atoms with Crippen molar-refractivity contribution in [2.24, 2.45) is 0 Å². The molecule has 0 spiro atoms. The molecule has 0 saturated carbocycles. The maximum Gasteiger partial charge on any atom is 0.271 e. The molecule has 4 aromatic rings. The summed E-state index contributed by atoms with van der Waals surface area (Å²) in [6.45, 7) is 5.52. The van der Waals surface area contributed by atoms with Crippen LogP contribution < -0.4 is 10.1 Å². The predicted octanol–water partition coefficient (Wildman–Crippen LogP) is 4.92. The lowest BCUT2D eigenvalue weighted by Crippen LogP contribution is -2.64. The second kappa shape index (κ2) is 10.4. The van der Waals surface area contributed by atoms with E-state index < -0.39 is 5.54 Å². The zero-order valence-corrected chi connectivity index (χ0v) is 21.1. The number of nitrogens with one attached hydrogen (secondary N) is 1. The van der Waals surface area contributed by atoms with Gasteiger partial charge in [0.2, 0.25) is 5.91 Å². The molecule has 0 unspecified atom stereocenters. The second-order valence-electron chi connectivity index (χ2n) is 9.39. The number of hydrogen-bond acceptors (Lipinski definition) is 4. The third kappa shape index (κ3) is 4.89. The SMILES string of the molecule is CCOc1ccc(CCN2C(=O)c3ccc(-c4ccco4)n3C[C@@]2(C)C(=O)NCc2ccccc2)cc1. The number of fused-ring (bicyclic) bond motifs is 1. The highest BCUT2D eigenvalue weighted by atomic mass is 16.5. The molecule has 1 N–H and O–H groups in total. The van der Waals surface area contributed by atoms with E-state index in [1.54, 1.807) is 11.2 Å². The van der Waals surface area contributed by atoms with Gasteiger partial charge in [0, 0.05) is 13.1 Å². The second-order valence-corrected chi connectivity index (χ2v) is 9.39. The van der Waals surface area contributed by atoms with E-state index in [9.17, 15) is 9.59 Å². The van der Waals surface area contributed by atoms with Gasteiger partial charge in [-0.2, -0.15) is 0 Å². The van der Waals surface area contributed by atoms with E-state index in [-0.39, 0.29) is 11.8 Å². The van der Waals surface area contributed by atoms with Crippen LogP contribution in [0.5, 0.6) is 5.75 Å². The maximum absolute atomic E-state index is 13.8. The van der Waals surface area contributed by atoms with Crippen LogP contribution in [0.2, 0.25) is 0 Å². The Hall–Kier alpha value is -4.26. The lowest BCUT2D eigenvalue weighted by Gasteiger charge is -2.44. The molecule has 1 atom stereocenters. The highest BCUT2D eigenvalue weighted by Crippen LogP contribution is 2.33. The Kier molecular flexibility index (Phi) is 6.86. The molecule has 1 aliphatic heterocycles. The van der Waals surface area contributed by atoms with Gasteiger partial charge in [-0.05, 0) is 67.8 Å². The van der Waals surface area contributed by atoms with Gasteiger partial charge in [-0.15, -0.1) is 0 Å². The number of benzene rings is 2. The summed E-state index contributed by atoms with van der Waals surface area (Å²) in [5.74, 6) is 1.11. The molecule has 2 amide bonds. The minimum Gasteiger partial charge on any atom is -0.494 e. The number of ether oxygens (including phenoxy) is 1. The molecule has 2 aromatic heterocycles. The van der Waals surface area contributed by atoms with E-state index in [1.807, 2.05) is 97.3 Å². The van der Waals surface area contributed by atoms with Crippen LogP contribution >= 0.6 is 0 Å². The normalized spacial score (nSPS) is 16.9. The number of rotatable bonds is 9. The van der Waals surface area contributed by atoms with Crippen molar-refractivity contribution >= 4 is 11.8 Å². The molecular weight excluding hydrogens is 466 g/mol. The Morgan fingerprint density at radius 1 is 0.973 bits per heavy atom. The quantitative estimate of drug-likeness (QED) is 0.356. The number of hydrogen-bond donors (Lipinski definition) is 1. The Balaban J connectivity index is 1.43. The number of carbonyl (C=O) groups excluding carboxylic acids is 2. The van der Waals surface area contributed by atoms with Gasteiger partial charge in [0.05, 0.1) is 25.1 Å². The van der Waals surface area contributed by atoms with Gasteiger partial charge >= 0.3 is 0 Å². The third-order valence-electron chi connectivity index (χ3n) is 6.92. The van der Waals surface area contributed by atoms with Crippen molar-refractivity contribution in [2.45, 2.75) is 38.9 Å². The topological polar surface area (TPSA) is 76.7 Å². The minimum absolute atomic E-state index is 0.174. The van der Waals surface area contributed by atoms with Crippen molar-refractivity contribution in [3.8, 4) is 17.2 Å². The lowest BCUT2D eigenvalue weighted by molar-refractivity contribution is -0.133. The monoisotopic (exact) mass is 497 g/mol. The van der Waals surface area contributed by atoms with Crippen molar-refractivity contribution in [1.29, 1.82) is 0 Å². The van der Waals surface area contributed by atoms with Gasteiger partial charge in [0.15, 0.2) is 0 Å². The summed E-state index contributed by atoms with van der Waals surface area (Å²) in [5, 5.41) is 3.07. The molecular formula is C30H31N3O4. The number of amides is 2. The zero-order valence-electron chi connectivity index (χ0n) is 21.1. The van der Waals surface area contributed by atoms with Gasteiger partial charge in [0.25, 0.3) is 5.91 Å². The molecule has 37 heavy (non-hydrogen) atoms. The highest BCUT2D eigenvalue weighted by Gasteiger charge is 2.47. The Morgan fingerprint density at radius 2 is 1.73 bits per heavy atom. The summed E-state index contributed by atoms with van der Waals surface area (Å²) in [6.07, 6.45) is 2.22. The molecule has 190 valence electrons. The van der Waals surface area contributed by atoms with Crippen molar-refractivity contribution in [3.63, 3.8) is 0 Å². The van der Waals surface area contributed by atoms with Crippen molar-refractivity contribution < 1.29 is 18.7 Å². The van der Waals surface area contributed by atoms with Crippen LogP contribution in [-0.4, -0.2) is 40.0 Å². The van der Waals surface area contributed by atoms with E-state index in [2.05, 4.69) is 5.32 Å². The highest BCUT2D eigenvalue weighted by molar-refractivity contribution is 6.00. The van der Waals surface area contributed by atoms with Gasteiger partial charge in [0.1, 0.15) is 22.7 Å². The first kappa shape index (κ1) is 24.4. The fourth-order valence-electron chi connectivity index (χ4n) is 4.89. The average Bonchev–Trinajstić information content (AvgIpc) is 3.59. The molecule has 0 fully saturated rings. The van der Waals surface area contributed by atoms with Gasteiger partial charge in [-0.3, -0.25) is 9.59 Å². The number of furan rings is 1. The van der Waals surface area contributed by atoms with E-state index in [1.165, 1.54) is 0 Å². The van der Waals surface area contributed by atoms with Crippen LogP contribution in [0.3, 0.4) is 0 Å². The summed E-state index contributed by atoms with van der Waals surface area (Å²) < 4.78 is 13.1. The number of nitrogens with zero attached hydrogens (tertiary/aromatic N) is 2. The van der Waals surface area contributed by atoms with Gasteiger partial charge in [-0.25, -0.2) is 0 Å². The summed E-state index contributed by atoms with van der Waals surface area (Å²) in [7, 11) is 0. The van der Waals surface area contributed by atoms with Gasteiger partial charge in [-0.1, -0.05) is 42.5 Å². The first-order chi connectivity index (χ1) is 18.0. The molecule has 3 heterocycles. The predicted molar refractivity (Wildman–Crippen MR) is 141 cm³/mol. The Labute approximate surface area is 216 Å². The first-order valence-electron chi connectivity index (χ1n) is 12.6. The fourth-order valence-corrected chi connectivity index (χ4v) is 4.89. The smallest absolute Gasteiger partial charge is 0.271 e. The molecule has 1 aliphatic rings. The van der Waals surface area contributed by atoms with Crippen molar-refractivity contribution in [2.75, 3.05) is 13.2 Å². The van der Waals surface area contributed by atoms with Crippen LogP contribution in [0.25, 0.3) is 11.5 Å². The number of aromatic nitrogens is 1. The zero-order chi connectivity index (χ0) is 25.8. The van der Waals surface area contributed by atoms with E-state index >= 15 is 0 Å². The molecule has 5 rings (SSSR count). The Morgan fingerprint density at radius 3 is 2.43 bits per heavy atom. The van der Waals surface area contributed by atoms with E-state index in [0.717, 1.165) is 22.6 Å². The fraction of sp³-hybridized carbons (Fsp3) is 0.267. The van der Waals surface area contributed by atoms with Crippen LogP contribution in [-0.2, 0) is 24.3 Å². The maximum atomic E-state index is 13.8. The van der Waals surface area contributed by atoms with Crippen LogP contribution in [0, 0.1) is 0 Å². The average molecular weight is 498 g/mol. The van der Waals surface area contributed by atoms with E-state index in [0.29, 0.717) is 44.1 Å². The standard InChI is InChI=1S/C30H31N3O4/c1-3-36-24-13-11-22(12-14-24)17-18-33-28(34)26-16-15-25(27-10-7-19-37-27)32(26)21-30(33,2)29(35)31-20-23-8-5-4-6-9-23/h4-16,19H,3,17-18,20-21H2,1-2H3,(H,31,35)/t30-/m0/s1.